The third kappa shape index (κ3) is 5.59. The summed E-state index contributed by atoms with van der Waals surface area (Å²) in [6.07, 6.45) is 9.89. The van der Waals surface area contributed by atoms with Crippen LogP contribution < -0.4 is 5.43 Å². The highest BCUT2D eigenvalue weighted by atomic mass is 79.9. The van der Waals surface area contributed by atoms with Gasteiger partial charge in [-0.3, -0.25) is 14.3 Å². The predicted molar refractivity (Wildman–Crippen MR) is 127 cm³/mol. The van der Waals surface area contributed by atoms with E-state index in [0.717, 1.165) is 15.7 Å². The Morgan fingerprint density at radius 2 is 1.97 bits per heavy atom. The molecule has 0 unspecified atom stereocenters. The molecule has 1 aromatic carbocycles. The molecule has 1 amide bonds. The van der Waals surface area contributed by atoms with Crippen molar-refractivity contribution in [3.05, 3.63) is 83.5 Å². The van der Waals surface area contributed by atoms with Crippen LogP contribution in [0.3, 0.4) is 0 Å². The Hall–Kier alpha value is -3.50. The van der Waals surface area contributed by atoms with E-state index in [1.165, 1.54) is 18.0 Å². The molecule has 160 valence electrons. The second-order valence-electron chi connectivity index (χ2n) is 6.33. The molecule has 0 saturated carbocycles. The highest BCUT2D eigenvalue weighted by molar-refractivity contribution is 9.10. The highest BCUT2D eigenvalue weighted by Gasteiger charge is 2.17. The Bertz CT molecular complexity index is 1220. The summed E-state index contributed by atoms with van der Waals surface area (Å²) in [4.78, 5) is 16.3. The Kier molecular flexibility index (Phi) is 7.26. The molecule has 8 nitrogen and oxygen atoms in total. The maximum Gasteiger partial charge on any atom is 0.250 e. The van der Waals surface area contributed by atoms with Crippen molar-refractivity contribution in [1.29, 1.82) is 0 Å². The van der Waals surface area contributed by atoms with Gasteiger partial charge in [-0.1, -0.05) is 27.7 Å². The van der Waals surface area contributed by atoms with Crippen molar-refractivity contribution in [1.82, 2.24) is 25.2 Å². The number of nitrogens with zero attached hydrogens (tertiary/aromatic N) is 5. The summed E-state index contributed by atoms with van der Waals surface area (Å²) in [6, 6.07) is 15.1. The molecule has 0 saturated heterocycles. The minimum absolute atomic E-state index is 0.129. The fourth-order valence-electron chi connectivity index (χ4n) is 2.71. The number of hydrogen-bond acceptors (Lipinski definition) is 7. The molecule has 0 radical (unpaired) electrons. The van der Waals surface area contributed by atoms with E-state index < -0.39 is 0 Å². The average Bonchev–Trinajstić information content (AvgIpc) is 3.49. The lowest BCUT2D eigenvalue weighted by Gasteiger charge is -2.10. The summed E-state index contributed by atoms with van der Waals surface area (Å²) in [5, 5.41) is 13.2. The molecule has 0 fully saturated rings. The van der Waals surface area contributed by atoms with Crippen LogP contribution in [-0.2, 0) is 4.79 Å². The van der Waals surface area contributed by atoms with Gasteiger partial charge in [0.2, 0.25) is 0 Å². The van der Waals surface area contributed by atoms with Crippen molar-refractivity contribution >= 4 is 45.9 Å². The van der Waals surface area contributed by atoms with Crippen LogP contribution in [0.4, 0.5) is 0 Å². The van der Waals surface area contributed by atoms with E-state index in [9.17, 15) is 4.79 Å². The molecule has 0 aliphatic rings. The second-order valence-corrected chi connectivity index (χ2v) is 8.19. The number of hydrogen-bond donors (Lipinski definition) is 1. The number of benzene rings is 1. The summed E-state index contributed by atoms with van der Waals surface area (Å²) < 4.78 is 8.05. The minimum Gasteiger partial charge on any atom is -0.465 e. The number of allylic oxidation sites excluding steroid dienone is 1. The number of rotatable bonds is 8. The van der Waals surface area contributed by atoms with E-state index in [2.05, 4.69) is 41.6 Å². The van der Waals surface area contributed by atoms with Gasteiger partial charge in [-0.25, -0.2) is 5.43 Å². The molecule has 3 aromatic heterocycles. The first-order chi connectivity index (χ1) is 15.7. The highest BCUT2D eigenvalue weighted by Crippen LogP contribution is 2.28. The third-order valence-electron chi connectivity index (χ3n) is 4.14. The van der Waals surface area contributed by atoms with E-state index in [4.69, 9.17) is 4.42 Å². The molecule has 3 heterocycles. The van der Waals surface area contributed by atoms with Gasteiger partial charge in [-0.05, 0) is 60.7 Å². The van der Waals surface area contributed by atoms with Crippen LogP contribution in [0.5, 0.6) is 0 Å². The number of pyridine rings is 1. The molecular formula is C22H17BrN6O2S. The smallest absolute Gasteiger partial charge is 0.250 e. The molecule has 0 spiro atoms. The molecule has 0 atom stereocenters. The molecule has 0 aliphatic carbocycles. The van der Waals surface area contributed by atoms with Gasteiger partial charge in [-0.2, -0.15) is 5.10 Å². The molecule has 4 rings (SSSR count). The van der Waals surface area contributed by atoms with Gasteiger partial charge in [0.15, 0.2) is 11.0 Å². The van der Waals surface area contributed by atoms with Gasteiger partial charge < -0.3 is 4.42 Å². The van der Waals surface area contributed by atoms with Crippen LogP contribution >= 0.6 is 27.7 Å². The topological polar surface area (TPSA) is 98.2 Å². The summed E-state index contributed by atoms with van der Waals surface area (Å²) in [7, 11) is 0. The Morgan fingerprint density at radius 3 is 2.72 bits per heavy atom. The van der Waals surface area contributed by atoms with Crippen molar-refractivity contribution in [2.45, 2.75) is 5.16 Å². The molecule has 0 aliphatic heterocycles. The van der Waals surface area contributed by atoms with E-state index in [-0.39, 0.29) is 11.7 Å². The second kappa shape index (κ2) is 10.7. The van der Waals surface area contributed by atoms with E-state index in [1.807, 2.05) is 47.0 Å². The first-order valence-electron chi connectivity index (χ1n) is 9.47. The van der Waals surface area contributed by atoms with Crippen molar-refractivity contribution in [2.75, 3.05) is 5.75 Å². The lowest BCUT2D eigenvalue weighted by molar-refractivity contribution is -0.118. The minimum atomic E-state index is -0.256. The first-order valence-corrected chi connectivity index (χ1v) is 11.3. The molecule has 4 aromatic rings. The van der Waals surface area contributed by atoms with Crippen LogP contribution in [0, 0.1) is 0 Å². The van der Waals surface area contributed by atoms with Crippen LogP contribution in [0.2, 0.25) is 0 Å². The van der Waals surface area contributed by atoms with E-state index in [1.54, 1.807) is 36.9 Å². The molecule has 1 N–H and O–H groups in total. The van der Waals surface area contributed by atoms with Gasteiger partial charge in [0, 0.05) is 34.3 Å². The fourth-order valence-corrected chi connectivity index (χ4v) is 3.72. The Balaban J connectivity index is 1.45. The molecule has 10 heteroatoms. The zero-order chi connectivity index (χ0) is 22.2. The number of furan rings is 1. The lowest BCUT2D eigenvalue weighted by atomic mass is 10.2. The molecule has 32 heavy (non-hydrogen) atoms. The number of hydrazone groups is 1. The van der Waals surface area contributed by atoms with Crippen molar-refractivity contribution in [3.63, 3.8) is 0 Å². The van der Waals surface area contributed by atoms with Crippen LogP contribution in [0.1, 0.15) is 5.76 Å². The SMILES string of the molecule is O=C(CSc1nnc(-c2ccncc2)n1-c1ccc(Br)cc1)N/N=C/C=C/c1ccco1. The summed E-state index contributed by atoms with van der Waals surface area (Å²) >= 11 is 4.73. The van der Waals surface area contributed by atoms with Crippen LogP contribution in [-0.4, -0.2) is 37.6 Å². The standard InChI is InChI=1S/C22H17BrN6O2S/c23-17-5-7-18(8-6-17)29-21(16-9-12-24-13-10-16)27-28-22(29)32-15-20(30)26-25-11-1-3-19-4-2-14-31-19/h1-14H,15H2,(H,26,30)/b3-1+,25-11+. The maximum atomic E-state index is 12.2. The van der Waals surface area contributed by atoms with E-state index >= 15 is 0 Å². The largest absolute Gasteiger partial charge is 0.465 e. The zero-order valence-corrected chi connectivity index (χ0v) is 19.0. The number of halogens is 1. The quantitative estimate of drug-likeness (QED) is 0.212. The van der Waals surface area contributed by atoms with Gasteiger partial charge in [0.25, 0.3) is 5.91 Å². The normalized spacial score (nSPS) is 11.4. The van der Waals surface area contributed by atoms with Gasteiger partial charge in [-0.15, -0.1) is 10.2 Å². The first kappa shape index (κ1) is 21.7. The summed E-state index contributed by atoms with van der Waals surface area (Å²) in [5.74, 6) is 1.24. The third-order valence-corrected chi connectivity index (χ3v) is 5.60. The molecular weight excluding hydrogens is 492 g/mol. The van der Waals surface area contributed by atoms with Crippen molar-refractivity contribution in [2.24, 2.45) is 5.10 Å². The number of aromatic nitrogens is 4. The number of nitrogens with one attached hydrogen (secondary N) is 1. The van der Waals surface area contributed by atoms with Crippen molar-refractivity contribution in [3.8, 4) is 17.1 Å². The summed E-state index contributed by atoms with van der Waals surface area (Å²) in [5.41, 5.74) is 4.25. The monoisotopic (exact) mass is 508 g/mol. The number of carbonyl (C=O) groups is 1. The van der Waals surface area contributed by atoms with E-state index in [0.29, 0.717) is 16.7 Å². The predicted octanol–water partition coefficient (Wildman–Crippen LogP) is 4.59. The molecule has 0 bridgehead atoms. The van der Waals surface area contributed by atoms with Crippen molar-refractivity contribution < 1.29 is 9.21 Å². The average molecular weight is 509 g/mol. The Labute approximate surface area is 196 Å². The van der Waals surface area contributed by atoms with Gasteiger partial charge in [0.05, 0.1) is 12.0 Å². The number of carbonyl (C=O) groups excluding carboxylic acids is 1. The van der Waals surface area contributed by atoms with Gasteiger partial charge >= 0.3 is 0 Å². The lowest BCUT2D eigenvalue weighted by Crippen LogP contribution is -2.19. The van der Waals surface area contributed by atoms with Gasteiger partial charge in [0.1, 0.15) is 5.76 Å². The van der Waals surface area contributed by atoms with Crippen LogP contribution in [0.15, 0.2) is 92.4 Å². The van der Waals surface area contributed by atoms with Crippen LogP contribution in [0.25, 0.3) is 23.2 Å². The number of thioether (sulfide) groups is 1. The maximum absolute atomic E-state index is 12.2. The number of amides is 1. The Morgan fingerprint density at radius 1 is 1.16 bits per heavy atom. The summed E-state index contributed by atoms with van der Waals surface area (Å²) in [6.45, 7) is 0. The fraction of sp³-hybridized carbons (Fsp3) is 0.0455. The zero-order valence-electron chi connectivity index (χ0n) is 16.6.